The maximum atomic E-state index is 11.7. The molecule has 2 aromatic rings. The van der Waals surface area contributed by atoms with E-state index in [4.69, 9.17) is 13.8 Å². The highest BCUT2D eigenvalue weighted by atomic mass is 32.2. The number of rotatable bonds is 3. The topological polar surface area (TPSA) is 106 Å². The Morgan fingerprint density at radius 1 is 1.15 bits per heavy atom. The molecular weight excluding hydrogens is 286 g/mol. The Bertz CT molecular complexity index is 837. The normalized spacial score (nSPS) is 11.8. The Morgan fingerprint density at radius 2 is 1.80 bits per heavy atom. The van der Waals surface area contributed by atoms with E-state index < -0.39 is 15.9 Å². The fourth-order valence-corrected chi connectivity index (χ4v) is 2.03. The lowest BCUT2D eigenvalue weighted by Crippen LogP contribution is -2.26. The zero-order valence-electron chi connectivity index (χ0n) is 11.1. The van der Waals surface area contributed by atoms with Crippen molar-refractivity contribution in [3.63, 3.8) is 0 Å². The fourth-order valence-electron chi connectivity index (χ4n) is 1.83. The molecule has 2 N–H and O–H groups in total. The summed E-state index contributed by atoms with van der Waals surface area (Å²) in [6.07, 6.45) is 0. The zero-order chi connectivity index (χ0) is 15.1. The molecule has 0 saturated heterocycles. The van der Waals surface area contributed by atoms with Crippen molar-refractivity contribution in [3.8, 4) is 5.75 Å². The summed E-state index contributed by atoms with van der Waals surface area (Å²) in [6, 6.07) is 3.16. The summed E-state index contributed by atoms with van der Waals surface area (Å²) in [5.41, 5.74) is 1.60. The van der Waals surface area contributed by atoms with Crippen molar-refractivity contribution in [1.29, 1.82) is 0 Å². The average molecular weight is 299 g/mol. The molecule has 108 valence electrons. The maximum Gasteiger partial charge on any atom is 0.364 e. The molecule has 7 nitrogen and oxygen atoms in total. The van der Waals surface area contributed by atoms with E-state index in [-0.39, 0.29) is 5.75 Å². The number of hydrogen-bond acceptors (Lipinski definition) is 5. The predicted octanol–water partition coefficient (Wildman–Crippen LogP) is 1.40. The summed E-state index contributed by atoms with van der Waals surface area (Å²) in [6.45, 7) is 5.08. The first-order valence-electron chi connectivity index (χ1n) is 5.65. The van der Waals surface area contributed by atoms with Gasteiger partial charge in [-0.25, -0.2) is 4.79 Å². The Hall–Kier alpha value is -1.90. The van der Waals surface area contributed by atoms with Crippen LogP contribution in [0.3, 0.4) is 0 Å². The van der Waals surface area contributed by atoms with Crippen LogP contribution in [0.1, 0.15) is 16.7 Å². The van der Waals surface area contributed by atoms with Gasteiger partial charge in [-0.2, -0.15) is 8.42 Å². The summed E-state index contributed by atoms with van der Waals surface area (Å²) in [7, 11) is -4.48. The van der Waals surface area contributed by atoms with Gasteiger partial charge in [-0.1, -0.05) is 0 Å². The van der Waals surface area contributed by atoms with Crippen molar-refractivity contribution in [1.82, 2.24) is 4.89 Å². The fraction of sp³-hybridized carbons (Fsp3) is 0.250. The molecule has 1 aromatic carbocycles. The number of aryl methyl sites for hydroxylation is 2. The molecule has 2 rings (SSSR count). The van der Waals surface area contributed by atoms with Crippen LogP contribution < -0.4 is 15.3 Å². The highest BCUT2D eigenvalue weighted by Crippen LogP contribution is 2.28. The van der Waals surface area contributed by atoms with Crippen molar-refractivity contribution in [2.75, 3.05) is 0 Å². The van der Waals surface area contributed by atoms with Gasteiger partial charge < -0.3 is 9.25 Å². The molecule has 0 fully saturated rings. The monoisotopic (exact) mass is 299 g/mol. The highest BCUT2D eigenvalue weighted by Gasteiger charge is 2.14. The minimum Gasteiger partial charge on any atom is -0.422 e. The molecule has 0 unspecified atom stereocenters. The van der Waals surface area contributed by atoms with E-state index in [9.17, 15) is 13.2 Å². The van der Waals surface area contributed by atoms with Crippen LogP contribution in [0.4, 0.5) is 0 Å². The first kappa shape index (κ1) is 14.5. The average Bonchev–Trinajstić information content (AvgIpc) is 2.35. The third kappa shape index (κ3) is 2.67. The van der Waals surface area contributed by atoms with Gasteiger partial charge in [0, 0.05) is 16.5 Å². The van der Waals surface area contributed by atoms with E-state index in [1.165, 1.54) is 11.0 Å². The lowest BCUT2D eigenvalue weighted by Gasteiger charge is -2.11. The molecule has 1 heterocycles. The van der Waals surface area contributed by atoms with Crippen LogP contribution in [0.2, 0.25) is 0 Å². The molecular formula is C12H13NO6S. The first-order chi connectivity index (χ1) is 9.20. The van der Waals surface area contributed by atoms with Crippen molar-refractivity contribution in [2.45, 2.75) is 20.8 Å². The smallest absolute Gasteiger partial charge is 0.364 e. The van der Waals surface area contributed by atoms with Gasteiger partial charge in [-0.05, 0) is 43.4 Å². The van der Waals surface area contributed by atoms with Crippen molar-refractivity contribution in [2.24, 2.45) is 0 Å². The quantitative estimate of drug-likeness (QED) is 0.504. The maximum absolute atomic E-state index is 11.7. The van der Waals surface area contributed by atoms with Gasteiger partial charge in [0.1, 0.15) is 5.58 Å². The third-order valence-corrected chi connectivity index (χ3v) is 3.37. The van der Waals surface area contributed by atoms with Crippen LogP contribution in [0.25, 0.3) is 11.0 Å². The molecule has 0 amide bonds. The highest BCUT2D eigenvalue weighted by molar-refractivity contribution is 7.83. The van der Waals surface area contributed by atoms with Crippen molar-refractivity contribution >= 4 is 21.3 Å². The van der Waals surface area contributed by atoms with E-state index in [1.807, 2.05) is 0 Å². The molecule has 0 bridgehead atoms. The lowest BCUT2D eigenvalue weighted by atomic mass is 10.0. The lowest BCUT2D eigenvalue weighted by molar-refractivity contribution is 0.250. The van der Waals surface area contributed by atoms with Gasteiger partial charge in [-0.15, -0.1) is 0 Å². The van der Waals surface area contributed by atoms with Crippen LogP contribution >= 0.6 is 0 Å². The molecule has 20 heavy (non-hydrogen) atoms. The van der Waals surface area contributed by atoms with Gasteiger partial charge in [-0.3, -0.25) is 4.55 Å². The number of benzene rings is 1. The second-order valence-corrected chi connectivity index (χ2v) is 5.48. The Morgan fingerprint density at radius 3 is 2.40 bits per heavy atom. The van der Waals surface area contributed by atoms with Gasteiger partial charge in [0.2, 0.25) is 0 Å². The zero-order valence-corrected chi connectivity index (χ0v) is 11.9. The number of hydrogen-bond donors (Lipinski definition) is 2. The van der Waals surface area contributed by atoms with E-state index in [2.05, 4.69) is 0 Å². The van der Waals surface area contributed by atoms with Crippen LogP contribution in [0.15, 0.2) is 21.3 Å². The molecule has 0 radical (unpaired) electrons. The summed E-state index contributed by atoms with van der Waals surface area (Å²) in [5.74, 6) is 0.126. The Kier molecular flexibility index (Phi) is 3.55. The van der Waals surface area contributed by atoms with E-state index in [0.29, 0.717) is 16.7 Å². The number of nitrogens with one attached hydrogen (secondary N) is 1. The standard InChI is InChI=1S/C12H13NO6S/c1-6-7(2)12(14)18-11-8(3)10(5-4-9(6)11)19-13-20(15,16)17/h4-5,13H,1-3H3,(H,15,16,17). The molecule has 0 aliphatic heterocycles. The summed E-state index contributed by atoms with van der Waals surface area (Å²) >= 11 is 0. The van der Waals surface area contributed by atoms with E-state index in [0.717, 1.165) is 10.9 Å². The summed E-state index contributed by atoms with van der Waals surface area (Å²) in [5, 5.41) is 0.735. The van der Waals surface area contributed by atoms with Crippen LogP contribution in [0, 0.1) is 20.8 Å². The predicted molar refractivity (Wildman–Crippen MR) is 72.0 cm³/mol. The van der Waals surface area contributed by atoms with Crippen LogP contribution in [0.5, 0.6) is 5.75 Å². The molecule has 0 spiro atoms. The van der Waals surface area contributed by atoms with Crippen LogP contribution in [-0.2, 0) is 10.3 Å². The van der Waals surface area contributed by atoms with Crippen molar-refractivity contribution < 1.29 is 22.2 Å². The van der Waals surface area contributed by atoms with Gasteiger partial charge in [0.05, 0.1) is 0 Å². The minimum atomic E-state index is -4.48. The van der Waals surface area contributed by atoms with E-state index >= 15 is 0 Å². The molecule has 0 saturated carbocycles. The van der Waals surface area contributed by atoms with Crippen LogP contribution in [-0.4, -0.2) is 13.0 Å². The van der Waals surface area contributed by atoms with Gasteiger partial charge >= 0.3 is 15.9 Å². The number of fused-ring (bicyclic) bond motifs is 1. The Labute approximate surface area is 115 Å². The second-order valence-electron chi connectivity index (χ2n) is 4.37. The molecule has 1 aromatic heterocycles. The molecule has 0 atom stereocenters. The summed E-state index contributed by atoms with van der Waals surface area (Å²) < 4.78 is 34.9. The molecule has 0 aliphatic carbocycles. The second kappa shape index (κ2) is 4.89. The summed E-state index contributed by atoms with van der Waals surface area (Å²) in [4.78, 5) is 17.9. The van der Waals surface area contributed by atoms with Gasteiger partial charge in [0.15, 0.2) is 5.75 Å². The minimum absolute atomic E-state index is 0.126. The van der Waals surface area contributed by atoms with E-state index in [1.54, 1.807) is 26.8 Å². The molecule has 8 heteroatoms. The largest absolute Gasteiger partial charge is 0.422 e. The Balaban J connectivity index is 2.60. The SMILES string of the molecule is Cc1c(C)c2ccc(ONS(=O)(=O)O)c(C)c2oc1=O. The first-order valence-corrected chi connectivity index (χ1v) is 7.09. The third-order valence-electron chi connectivity index (χ3n) is 3.08. The molecule has 0 aliphatic rings. The van der Waals surface area contributed by atoms with Crippen molar-refractivity contribution in [3.05, 3.63) is 39.2 Å². The van der Waals surface area contributed by atoms with Gasteiger partial charge in [0.25, 0.3) is 0 Å².